The number of amides is 2. The molecule has 4 heterocycles. The van der Waals surface area contributed by atoms with Gasteiger partial charge in [-0.2, -0.15) is 5.06 Å². The molecule has 3 saturated carbocycles. The molecule has 4 aliphatic heterocycles. The normalized spacial score (nSPS) is 36.8. The minimum absolute atomic E-state index is 0.0364. The van der Waals surface area contributed by atoms with Crippen molar-refractivity contribution in [3.63, 3.8) is 0 Å². The molecule has 7 fully saturated rings. The molecule has 59 heavy (non-hydrogen) atoms. The van der Waals surface area contributed by atoms with E-state index in [1.165, 1.54) is 18.4 Å². The zero-order valence-electron chi connectivity index (χ0n) is 36.1. The maximum atomic E-state index is 14.6. The number of hydrogen-bond acceptors (Lipinski definition) is 10. The van der Waals surface area contributed by atoms with E-state index in [-0.39, 0.29) is 56.5 Å². The van der Waals surface area contributed by atoms with E-state index in [0.717, 1.165) is 81.8 Å². The minimum atomic E-state index is -1.31. The third kappa shape index (κ3) is 8.28. The number of benzene rings is 1. The molecule has 1 aromatic rings. The van der Waals surface area contributed by atoms with E-state index in [0.29, 0.717) is 23.4 Å². The summed E-state index contributed by atoms with van der Waals surface area (Å²) in [5.74, 6) is -0.718. The number of unbranched alkanes of at least 4 members (excludes halogenated alkanes) is 4. The van der Waals surface area contributed by atoms with Gasteiger partial charge >= 0.3 is 5.97 Å². The van der Waals surface area contributed by atoms with Gasteiger partial charge in [0, 0.05) is 38.8 Å². The van der Waals surface area contributed by atoms with E-state index in [1.54, 1.807) is 5.06 Å². The average Bonchev–Trinajstić information content (AvgIpc) is 3.49. The number of ether oxygens (including phenoxy) is 4. The van der Waals surface area contributed by atoms with Crippen LogP contribution in [0.25, 0.3) is 6.08 Å². The van der Waals surface area contributed by atoms with Gasteiger partial charge in [0.2, 0.25) is 11.8 Å². The molecular formula is C47H69N3O9. The van der Waals surface area contributed by atoms with Crippen LogP contribution in [-0.2, 0) is 44.7 Å². The first-order valence-corrected chi connectivity index (χ1v) is 23.0. The largest absolute Gasteiger partial charge is 0.458 e. The van der Waals surface area contributed by atoms with Crippen molar-refractivity contribution in [3.8, 4) is 0 Å². The highest BCUT2D eigenvalue weighted by Gasteiger charge is 2.76. The second-order valence-electron chi connectivity index (χ2n) is 19.7. The molecule has 1 unspecified atom stereocenters. The van der Waals surface area contributed by atoms with Gasteiger partial charge in [-0.05, 0) is 80.2 Å². The van der Waals surface area contributed by atoms with E-state index in [4.69, 9.17) is 28.9 Å². The molecular weight excluding hydrogens is 751 g/mol. The zero-order chi connectivity index (χ0) is 41.6. The zero-order valence-corrected chi connectivity index (χ0v) is 36.1. The molecule has 10 atom stereocenters. The Morgan fingerprint density at radius 2 is 1.64 bits per heavy atom. The number of hydroxylamine groups is 2. The van der Waals surface area contributed by atoms with Crippen molar-refractivity contribution in [1.29, 1.82) is 0 Å². The van der Waals surface area contributed by atoms with Gasteiger partial charge in [-0.15, -0.1) is 0 Å². The van der Waals surface area contributed by atoms with Gasteiger partial charge < -0.3 is 34.7 Å². The Balaban J connectivity index is 1.04. The van der Waals surface area contributed by atoms with Crippen LogP contribution in [0.2, 0.25) is 0 Å². The molecule has 0 spiro atoms. The van der Waals surface area contributed by atoms with Crippen LogP contribution in [0.15, 0.2) is 29.8 Å². The molecule has 12 heteroatoms. The van der Waals surface area contributed by atoms with E-state index < -0.39 is 47.6 Å². The molecule has 326 valence electrons. The summed E-state index contributed by atoms with van der Waals surface area (Å²) in [6.45, 7) is 11.8. The quantitative estimate of drug-likeness (QED) is 0.0902. The maximum absolute atomic E-state index is 14.6. The fourth-order valence-corrected chi connectivity index (χ4v) is 11.8. The second-order valence-corrected chi connectivity index (χ2v) is 19.7. The highest BCUT2D eigenvalue weighted by molar-refractivity contribution is 5.94. The first kappa shape index (κ1) is 42.8. The van der Waals surface area contributed by atoms with Crippen molar-refractivity contribution in [2.24, 2.45) is 22.7 Å². The number of rotatable bonds is 17. The summed E-state index contributed by atoms with van der Waals surface area (Å²) in [7, 11) is 0. The molecule has 2 bridgehead atoms. The third-order valence-corrected chi connectivity index (χ3v) is 15.1. The smallest absolute Gasteiger partial charge is 0.327 e. The summed E-state index contributed by atoms with van der Waals surface area (Å²) in [4.78, 5) is 48.1. The standard InChI is InChI=1S/C47H69N3O9/c1-6-8-10-20-46(21-11-9-7-2)57-38-35-28-47(43(54)49-23-19-37(52)48-24-25-51)40(42(53)55-35)50(59-41(47)39(38)58-46)29-31-14-12-30(13-15-31)26-32-16-17-36-45(5,56-36)22-18-34-33(32)27-44(34,3)4/h12-15,26,33-36,38-41,51H,6-11,16-25,27-29H2,1-5H3,(H,48,52)(H,49,54)/t33-,34-,35-,36?,38+,39+,40-,41-,45-,47-/m1/s1. The number of esters is 1. The summed E-state index contributed by atoms with van der Waals surface area (Å²) in [6.07, 6.45) is 13.6. The Kier molecular flexibility index (Phi) is 12.4. The Morgan fingerprint density at radius 1 is 0.915 bits per heavy atom. The van der Waals surface area contributed by atoms with Gasteiger partial charge in [0.05, 0.1) is 24.9 Å². The van der Waals surface area contributed by atoms with Crippen LogP contribution in [0.1, 0.15) is 142 Å². The van der Waals surface area contributed by atoms with Crippen molar-refractivity contribution >= 4 is 23.9 Å². The molecule has 1 aromatic carbocycles. The predicted molar refractivity (Wildman–Crippen MR) is 221 cm³/mol. The number of epoxide rings is 1. The van der Waals surface area contributed by atoms with Crippen molar-refractivity contribution in [1.82, 2.24) is 15.7 Å². The number of hydrogen-bond donors (Lipinski definition) is 3. The molecule has 0 aromatic heterocycles. The van der Waals surface area contributed by atoms with Crippen LogP contribution >= 0.6 is 0 Å². The number of nitrogens with zero attached hydrogens (tertiary/aromatic N) is 1. The number of aliphatic hydroxyl groups excluding tert-OH is 1. The lowest BCUT2D eigenvalue weighted by atomic mass is 9.52. The van der Waals surface area contributed by atoms with Crippen LogP contribution in [0.4, 0.5) is 0 Å². The number of nitrogens with one attached hydrogen (secondary N) is 2. The highest BCUT2D eigenvalue weighted by Crippen LogP contribution is 2.60. The van der Waals surface area contributed by atoms with E-state index in [2.05, 4.69) is 75.6 Å². The summed E-state index contributed by atoms with van der Waals surface area (Å²) in [5, 5.41) is 16.4. The lowest BCUT2D eigenvalue weighted by molar-refractivity contribution is -0.224. The number of allylic oxidation sites excluding steroid dienone is 1. The summed E-state index contributed by atoms with van der Waals surface area (Å²) >= 11 is 0. The first-order valence-electron chi connectivity index (χ1n) is 23.0. The highest BCUT2D eigenvalue weighted by atomic mass is 16.8. The van der Waals surface area contributed by atoms with Crippen LogP contribution in [0.5, 0.6) is 0 Å². The van der Waals surface area contributed by atoms with Gasteiger partial charge in [0.25, 0.3) is 0 Å². The molecule has 4 saturated heterocycles. The topological polar surface area (TPSA) is 148 Å². The Morgan fingerprint density at radius 3 is 2.34 bits per heavy atom. The van der Waals surface area contributed by atoms with Crippen molar-refractivity contribution in [2.45, 2.75) is 185 Å². The van der Waals surface area contributed by atoms with Crippen LogP contribution < -0.4 is 10.6 Å². The number of aliphatic hydroxyl groups is 1. The fourth-order valence-electron chi connectivity index (χ4n) is 11.8. The fraction of sp³-hybridized carbons (Fsp3) is 0.766. The molecule has 7 aliphatic rings. The molecule has 12 nitrogen and oxygen atoms in total. The number of carbonyl (C=O) groups is 3. The predicted octanol–water partition coefficient (Wildman–Crippen LogP) is 6.52. The van der Waals surface area contributed by atoms with Crippen LogP contribution in [-0.4, -0.2) is 95.6 Å². The van der Waals surface area contributed by atoms with Gasteiger partial charge in [-0.25, -0.2) is 0 Å². The van der Waals surface area contributed by atoms with Crippen LogP contribution in [0, 0.1) is 22.7 Å². The molecule has 3 N–H and O–H groups in total. The SMILES string of the molecule is CCCCCC1(CCCCC)O[C@@H]2[C@H](O1)[C@H]1ON(Cc3ccc(C=C4CCC5O[C@]5(C)CC[C@@H]5[C@@H]4CC5(C)C)cc3)[C@@H]3C(=O)O[C@@H]2C[C@]13C(=O)NCCC(=O)NCCO. The van der Waals surface area contributed by atoms with Gasteiger partial charge in [0.15, 0.2) is 11.8 Å². The van der Waals surface area contributed by atoms with Gasteiger partial charge in [-0.1, -0.05) is 89.3 Å². The summed E-state index contributed by atoms with van der Waals surface area (Å²) in [6, 6.07) is 7.48. The lowest BCUT2D eigenvalue weighted by Crippen LogP contribution is -2.69. The first-order chi connectivity index (χ1) is 28.3. The Hall–Kier alpha value is -2.87. The Labute approximate surface area is 350 Å². The number of carbonyl (C=O) groups excluding carboxylic acids is 3. The maximum Gasteiger partial charge on any atom is 0.327 e. The van der Waals surface area contributed by atoms with E-state index in [1.807, 2.05) is 0 Å². The van der Waals surface area contributed by atoms with Gasteiger partial charge in [0.1, 0.15) is 29.8 Å². The van der Waals surface area contributed by atoms with Crippen molar-refractivity contribution in [3.05, 3.63) is 41.0 Å². The van der Waals surface area contributed by atoms with Gasteiger partial charge in [-0.3, -0.25) is 19.2 Å². The minimum Gasteiger partial charge on any atom is -0.458 e. The average molecular weight is 820 g/mol. The number of fused-ring (bicyclic) bond motifs is 6. The van der Waals surface area contributed by atoms with Crippen molar-refractivity contribution < 1.29 is 43.3 Å². The Bertz CT molecular complexity index is 1720. The molecule has 3 aliphatic carbocycles. The molecule has 2 amide bonds. The van der Waals surface area contributed by atoms with Crippen molar-refractivity contribution in [2.75, 3.05) is 19.7 Å². The molecule has 0 radical (unpaired) electrons. The molecule has 8 rings (SSSR count). The summed E-state index contributed by atoms with van der Waals surface area (Å²) in [5.41, 5.74) is 2.71. The summed E-state index contributed by atoms with van der Waals surface area (Å²) < 4.78 is 26.3. The third-order valence-electron chi connectivity index (χ3n) is 15.1. The van der Waals surface area contributed by atoms with E-state index >= 15 is 0 Å². The lowest BCUT2D eigenvalue weighted by Gasteiger charge is -2.53. The van der Waals surface area contributed by atoms with E-state index in [9.17, 15) is 14.4 Å². The van der Waals surface area contributed by atoms with Crippen LogP contribution in [0.3, 0.4) is 0 Å². The monoisotopic (exact) mass is 820 g/mol. The second kappa shape index (κ2) is 17.1.